The maximum Gasteiger partial charge on any atom is 0.343 e. The lowest BCUT2D eigenvalue weighted by Gasteiger charge is -2.20. The number of primary amides is 1. The molecule has 0 saturated carbocycles. The van der Waals surface area contributed by atoms with Crippen molar-refractivity contribution in [3.05, 3.63) is 82.9 Å². The molecule has 0 heterocycles. The highest BCUT2D eigenvalue weighted by molar-refractivity contribution is 6.30. The van der Waals surface area contributed by atoms with Gasteiger partial charge in [-0.05, 0) is 66.9 Å². The number of rotatable bonds is 12. The van der Waals surface area contributed by atoms with Crippen molar-refractivity contribution in [3.8, 4) is 11.5 Å². The van der Waals surface area contributed by atoms with Crippen molar-refractivity contribution in [1.29, 1.82) is 0 Å². The van der Waals surface area contributed by atoms with E-state index in [9.17, 15) is 19.5 Å². The van der Waals surface area contributed by atoms with Crippen LogP contribution in [-0.2, 0) is 16.0 Å². The number of carbonyl (C=O) groups excluding carboxylic acids is 3. The summed E-state index contributed by atoms with van der Waals surface area (Å²) in [6, 6.07) is 16.1. The Labute approximate surface area is 230 Å². The molecule has 3 aromatic rings. The predicted molar refractivity (Wildman–Crippen MR) is 150 cm³/mol. The number of hydrogen-bond donors (Lipinski definition) is 6. The van der Waals surface area contributed by atoms with Gasteiger partial charge in [-0.2, -0.15) is 0 Å². The second-order valence-electron chi connectivity index (χ2n) is 8.54. The van der Waals surface area contributed by atoms with Crippen LogP contribution in [0.3, 0.4) is 0 Å². The van der Waals surface area contributed by atoms with E-state index in [0.29, 0.717) is 35.7 Å². The normalized spacial score (nSPS) is 11.2. The second kappa shape index (κ2) is 13.7. The molecule has 0 radical (unpaired) electrons. The zero-order chi connectivity index (χ0) is 28.4. The number of hydrogen-bond acceptors (Lipinski definition) is 7. The SMILES string of the molecule is NC(=O)[C@@H](CCCN=C(N)N)Nc1ccc(OC(=O)c2ccc(Cl)cc2)cc1NC(=O)Cc1ccc(O)cc1. The van der Waals surface area contributed by atoms with Crippen LogP contribution in [0.5, 0.6) is 11.5 Å². The Morgan fingerprint density at radius 2 is 1.64 bits per heavy atom. The number of halogens is 1. The molecule has 0 spiro atoms. The fourth-order valence-corrected chi connectivity index (χ4v) is 3.66. The number of carbonyl (C=O) groups is 3. The highest BCUT2D eigenvalue weighted by atomic mass is 35.5. The number of aliphatic imine (C=N–C) groups is 1. The van der Waals surface area contributed by atoms with Gasteiger partial charge in [-0.1, -0.05) is 23.7 Å². The average molecular weight is 553 g/mol. The largest absolute Gasteiger partial charge is 0.508 e. The third-order valence-corrected chi connectivity index (χ3v) is 5.73. The molecule has 0 fully saturated rings. The summed E-state index contributed by atoms with van der Waals surface area (Å²) in [4.78, 5) is 41.5. The van der Waals surface area contributed by atoms with Crippen LogP contribution in [0.2, 0.25) is 5.02 Å². The van der Waals surface area contributed by atoms with Crippen LogP contribution in [-0.4, -0.2) is 41.4 Å². The molecule has 0 bridgehead atoms. The van der Waals surface area contributed by atoms with Crippen LogP contribution in [0.4, 0.5) is 11.4 Å². The number of nitrogens with one attached hydrogen (secondary N) is 2. The number of nitrogens with two attached hydrogens (primary N) is 3. The van der Waals surface area contributed by atoms with E-state index in [0.717, 1.165) is 0 Å². The Morgan fingerprint density at radius 3 is 2.28 bits per heavy atom. The van der Waals surface area contributed by atoms with E-state index < -0.39 is 17.9 Å². The van der Waals surface area contributed by atoms with Gasteiger partial charge in [0, 0.05) is 17.6 Å². The first-order valence-electron chi connectivity index (χ1n) is 11.9. The van der Waals surface area contributed by atoms with Crippen LogP contribution in [0, 0.1) is 0 Å². The van der Waals surface area contributed by atoms with Gasteiger partial charge in [0.15, 0.2) is 5.96 Å². The molecule has 3 rings (SSSR count). The molecule has 1 atom stereocenters. The highest BCUT2D eigenvalue weighted by Gasteiger charge is 2.19. The number of ether oxygens (including phenoxy) is 1. The van der Waals surface area contributed by atoms with Crippen molar-refractivity contribution in [1.82, 2.24) is 0 Å². The van der Waals surface area contributed by atoms with Gasteiger partial charge in [-0.25, -0.2) is 4.79 Å². The number of amides is 2. The van der Waals surface area contributed by atoms with Crippen LogP contribution in [0.15, 0.2) is 71.7 Å². The second-order valence-corrected chi connectivity index (χ2v) is 8.98. The molecule has 0 unspecified atom stereocenters. The first kappa shape index (κ1) is 28.8. The van der Waals surface area contributed by atoms with Crippen molar-refractivity contribution >= 4 is 46.7 Å². The van der Waals surface area contributed by atoms with E-state index >= 15 is 0 Å². The third kappa shape index (κ3) is 9.24. The molecule has 3 aromatic carbocycles. The standard InChI is InChI=1S/C27H29ClN6O5/c28-18-7-5-17(6-8-18)26(38)39-20-11-12-21(33-22(25(29)37)2-1-13-32-27(30)31)23(15-20)34-24(36)14-16-3-9-19(35)10-4-16/h3-12,15,22,33,35H,1-2,13-14H2,(H2,29,37)(H,34,36)(H4,30,31,32)/t22-/m1/s1. The number of benzene rings is 3. The molecular weight excluding hydrogens is 524 g/mol. The lowest BCUT2D eigenvalue weighted by molar-refractivity contribution is -0.119. The first-order chi connectivity index (χ1) is 18.6. The van der Waals surface area contributed by atoms with Crippen molar-refractivity contribution in [2.75, 3.05) is 17.2 Å². The Hall–Kier alpha value is -4.77. The Morgan fingerprint density at radius 1 is 0.949 bits per heavy atom. The van der Waals surface area contributed by atoms with Gasteiger partial charge in [0.25, 0.3) is 0 Å². The van der Waals surface area contributed by atoms with Gasteiger partial charge in [0.05, 0.1) is 23.4 Å². The van der Waals surface area contributed by atoms with Crippen molar-refractivity contribution < 1.29 is 24.2 Å². The lowest BCUT2D eigenvalue weighted by Crippen LogP contribution is -2.36. The summed E-state index contributed by atoms with van der Waals surface area (Å²) in [5, 5.41) is 15.8. The number of anilines is 2. The molecule has 0 aliphatic rings. The average Bonchev–Trinajstić information content (AvgIpc) is 2.88. The maximum absolute atomic E-state index is 12.8. The van der Waals surface area contributed by atoms with Crippen molar-refractivity contribution in [2.24, 2.45) is 22.2 Å². The summed E-state index contributed by atoms with van der Waals surface area (Å²) in [5.74, 6) is -1.43. The molecule has 39 heavy (non-hydrogen) atoms. The highest BCUT2D eigenvalue weighted by Crippen LogP contribution is 2.29. The van der Waals surface area contributed by atoms with Gasteiger partial charge in [-0.3, -0.25) is 14.6 Å². The summed E-state index contributed by atoms with van der Waals surface area (Å²) in [6.45, 7) is 0.309. The molecule has 2 amide bonds. The van der Waals surface area contributed by atoms with Crippen molar-refractivity contribution in [3.63, 3.8) is 0 Å². The van der Waals surface area contributed by atoms with Gasteiger partial charge in [0.2, 0.25) is 11.8 Å². The minimum atomic E-state index is -0.797. The third-order valence-electron chi connectivity index (χ3n) is 5.48. The summed E-state index contributed by atoms with van der Waals surface area (Å²) in [6.07, 6.45) is 0.796. The molecule has 0 aromatic heterocycles. The summed E-state index contributed by atoms with van der Waals surface area (Å²) in [7, 11) is 0. The Kier molecular flexibility index (Phi) is 10.1. The fourth-order valence-electron chi connectivity index (χ4n) is 3.54. The van der Waals surface area contributed by atoms with Crippen LogP contribution in [0.25, 0.3) is 0 Å². The fraction of sp³-hybridized carbons (Fsp3) is 0.185. The molecular formula is C27H29ClN6O5. The number of esters is 1. The summed E-state index contributed by atoms with van der Waals surface area (Å²) in [5.41, 5.74) is 17.9. The zero-order valence-corrected chi connectivity index (χ0v) is 21.6. The zero-order valence-electron chi connectivity index (χ0n) is 20.9. The number of phenols is 1. The van der Waals surface area contributed by atoms with E-state index in [2.05, 4.69) is 15.6 Å². The monoisotopic (exact) mass is 552 g/mol. The minimum absolute atomic E-state index is 0.00622. The number of phenolic OH excluding ortho intramolecular Hbond substituents is 1. The van der Waals surface area contributed by atoms with Gasteiger partial charge >= 0.3 is 5.97 Å². The molecule has 204 valence electrons. The molecule has 0 aliphatic carbocycles. The molecule has 9 N–H and O–H groups in total. The molecule has 12 heteroatoms. The Balaban J connectivity index is 1.82. The summed E-state index contributed by atoms with van der Waals surface area (Å²) >= 11 is 5.88. The molecule has 0 aliphatic heterocycles. The van der Waals surface area contributed by atoms with E-state index in [4.69, 9.17) is 33.5 Å². The van der Waals surface area contributed by atoms with E-state index in [1.54, 1.807) is 30.3 Å². The van der Waals surface area contributed by atoms with Gasteiger partial charge in [0.1, 0.15) is 17.5 Å². The van der Waals surface area contributed by atoms with E-state index in [1.165, 1.54) is 36.4 Å². The molecule has 11 nitrogen and oxygen atoms in total. The number of guanidine groups is 1. The smallest absolute Gasteiger partial charge is 0.343 e. The minimum Gasteiger partial charge on any atom is -0.508 e. The quantitative estimate of drug-likeness (QED) is 0.0648. The summed E-state index contributed by atoms with van der Waals surface area (Å²) < 4.78 is 5.48. The maximum atomic E-state index is 12.8. The van der Waals surface area contributed by atoms with E-state index in [1.807, 2.05) is 0 Å². The van der Waals surface area contributed by atoms with E-state index in [-0.39, 0.29) is 41.0 Å². The number of aromatic hydroxyl groups is 1. The first-order valence-corrected chi connectivity index (χ1v) is 12.3. The van der Waals surface area contributed by atoms with Crippen molar-refractivity contribution in [2.45, 2.75) is 25.3 Å². The van der Waals surface area contributed by atoms with Gasteiger partial charge < -0.3 is 37.7 Å². The van der Waals surface area contributed by atoms with Crippen LogP contribution >= 0.6 is 11.6 Å². The Bertz CT molecular complexity index is 1340. The van der Waals surface area contributed by atoms with Crippen LogP contribution in [0.1, 0.15) is 28.8 Å². The topological polar surface area (TPSA) is 195 Å². The van der Waals surface area contributed by atoms with Gasteiger partial charge in [-0.15, -0.1) is 0 Å². The number of nitrogens with zero attached hydrogens (tertiary/aromatic N) is 1. The molecule has 0 saturated heterocycles. The predicted octanol–water partition coefficient (Wildman–Crippen LogP) is 2.77. The lowest BCUT2D eigenvalue weighted by atomic mass is 10.1. The van der Waals surface area contributed by atoms with Crippen LogP contribution < -0.4 is 32.6 Å².